The maximum absolute atomic E-state index is 14.5. The molecule has 21 heavy (non-hydrogen) atoms. The summed E-state index contributed by atoms with van der Waals surface area (Å²) < 4.78 is 14.5. The van der Waals surface area contributed by atoms with Crippen LogP contribution in [0, 0.1) is 12.7 Å². The maximum atomic E-state index is 14.5. The molecule has 1 heterocycles. The van der Waals surface area contributed by atoms with Crippen LogP contribution >= 0.6 is 0 Å². The second-order valence-corrected chi connectivity index (χ2v) is 4.75. The molecule has 3 rings (SSSR count). The molecule has 0 spiro atoms. The van der Waals surface area contributed by atoms with Crippen molar-refractivity contribution in [1.82, 2.24) is 9.97 Å². The van der Waals surface area contributed by atoms with E-state index in [1.54, 1.807) is 31.2 Å². The average molecular weight is 281 g/mol. The van der Waals surface area contributed by atoms with Crippen molar-refractivity contribution in [2.45, 2.75) is 6.92 Å². The average Bonchev–Trinajstić information content (AvgIpc) is 2.47. The minimum Gasteiger partial charge on any atom is -0.382 e. The van der Waals surface area contributed by atoms with E-state index in [1.165, 1.54) is 12.3 Å². The summed E-state index contributed by atoms with van der Waals surface area (Å²) in [4.78, 5) is 19.4. The zero-order valence-electron chi connectivity index (χ0n) is 11.3. The third-order valence-electron chi connectivity index (χ3n) is 3.37. The molecule has 0 aliphatic heterocycles. The largest absolute Gasteiger partial charge is 0.382 e. The van der Waals surface area contributed by atoms with Gasteiger partial charge in [-0.15, -0.1) is 0 Å². The molecule has 0 radical (unpaired) electrons. The first-order valence-electron chi connectivity index (χ1n) is 6.37. The van der Waals surface area contributed by atoms with Gasteiger partial charge in [0.25, 0.3) is 0 Å². The molecule has 0 aliphatic rings. The van der Waals surface area contributed by atoms with Gasteiger partial charge < -0.3 is 5.73 Å². The number of rotatable bonds is 2. The fourth-order valence-electron chi connectivity index (χ4n) is 2.37. The third kappa shape index (κ3) is 2.12. The predicted octanol–water partition coefficient (Wildman–Crippen LogP) is 3.14. The monoisotopic (exact) mass is 281 g/mol. The van der Waals surface area contributed by atoms with Crippen LogP contribution in [-0.4, -0.2) is 16.3 Å². The topological polar surface area (TPSA) is 68.9 Å². The van der Waals surface area contributed by atoms with Gasteiger partial charge in [-0.05, 0) is 24.6 Å². The SMILES string of the molecule is Cc1ccc(C=O)c(F)c1-c1cccc2nc(N)cnc12. The van der Waals surface area contributed by atoms with E-state index in [0.29, 0.717) is 34.3 Å². The molecule has 3 aromatic rings. The Bertz CT molecular complexity index is 862. The van der Waals surface area contributed by atoms with Crippen LogP contribution in [0.2, 0.25) is 0 Å². The lowest BCUT2D eigenvalue weighted by Crippen LogP contribution is -1.98. The van der Waals surface area contributed by atoms with E-state index in [0.717, 1.165) is 5.56 Å². The normalized spacial score (nSPS) is 10.8. The van der Waals surface area contributed by atoms with Crippen LogP contribution < -0.4 is 5.73 Å². The number of anilines is 1. The van der Waals surface area contributed by atoms with Crippen LogP contribution in [0.25, 0.3) is 22.2 Å². The van der Waals surface area contributed by atoms with Gasteiger partial charge in [-0.2, -0.15) is 0 Å². The number of nitrogens with two attached hydrogens (primary N) is 1. The summed E-state index contributed by atoms with van der Waals surface area (Å²) in [6.07, 6.45) is 1.94. The second-order valence-electron chi connectivity index (χ2n) is 4.75. The standard InChI is InChI=1S/C16H12FN3O/c1-9-5-6-10(8-21)15(17)14(9)11-3-2-4-12-16(11)19-7-13(18)20-12/h2-8H,1H3,(H2,18,20). The van der Waals surface area contributed by atoms with E-state index < -0.39 is 5.82 Å². The number of aldehydes is 1. The number of nitrogens with zero attached hydrogens (tertiary/aromatic N) is 2. The first kappa shape index (κ1) is 13.2. The van der Waals surface area contributed by atoms with Crippen molar-refractivity contribution in [3.63, 3.8) is 0 Å². The summed E-state index contributed by atoms with van der Waals surface area (Å²) in [6, 6.07) is 8.46. The number of benzene rings is 2. The molecule has 5 heteroatoms. The summed E-state index contributed by atoms with van der Waals surface area (Å²) in [5.41, 5.74) is 8.47. The van der Waals surface area contributed by atoms with E-state index in [1.807, 2.05) is 0 Å². The second kappa shape index (κ2) is 4.94. The Kier molecular flexibility index (Phi) is 3.10. The van der Waals surface area contributed by atoms with Crippen LogP contribution in [0.1, 0.15) is 15.9 Å². The number of carbonyl (C=O) groups excluding carboxylic acids is 1. The zero-order valence-corrected chi connectivity index (χ0v) is 11.3. The number of halogens is 1. The Morgan fingerprint density at radius 2 is 2.05 bits per heavy atom. The van der Waals surface area contributed by atoms with Crippen molar-refractivity contribution < 1.29 is 9.18 Å². The predicted molar refractivity (Wildman–Crippen MR) is 79.5 cm³/mol. The molecule has 0 fully saturated rings. The first-order chi connectivity index (χ1) is 10.1. The van der Waals surface area contributed by atoms with Crippen LogP contribution in [0.3, 0.4) is 0 Å². The molecular formula is C16H12FN3O. The Morgan fingerprint density at radius 3 is 2.81 bits per heavy atom. The highest BCUT2D eigenvalue weighted by Crippen LogP contribution is 2.32. The van der Waals surface area contributed by atoms with Crippen molar-refractivity contribution in [3.8, 4) is 11.1 Å². The molecular weight excluding hydrogens is 269 g/mol. The van der Waals surface area contributed by atoms with E-state index in [9.17, 15) is 9.18 Å². The van der Waals surface area contributed by atoms with E-state index in [4.69, 9.17) is 5.73 Å². The van der Waals surface area contributed by atoms with Gasteiger partial charge in [-0.1, -0.05) is 18.2 Å². The molecule has 0 bridgehead atoms. The van der Waals surface area contributed by atoms with Gasteiger partial charge in [0.05, 0.1) is 22.8 Å². The molecule has 0 aliphatic carbocycles. The minimum atomic E-state index is -0.545. The van der Waals surface area contributed by atoms with E-state index >= 15 is 0 Å². The molecule has 104 valence electrons. The fourth-order valence-corrected chi connectivity index (χ4v) is 2.37. The Labute approximate surface area is 120 Å². The Morgan fingerprint density at radius 1 is 1.24 bits per heavy atom. The fraction of sp³-hybridized carbons (Fsp3) is 0.0625. The Balaban J connectivity index is 2.38. The van der Waals surface area contributed by atoms with E-state index in [2.05, 4.69) is 9.97 Å². The van der Waals surface area contributed by atoms with Gasteiger partial charge in [-0.3, -0.25) is 9.78 Å². The maximum Gasteiger partial charge on any atom is 0.153 e. The first-order valence-corrected chi connectivity index (χ1v) is 6.37. The highest BCUT2D eigenvalue weighted by atomic mass is 19.1. The molecule has 0 saturated carbocycles. The number of carbonyl (C=O) groups is 1. The molecule has 0 atom stereocenters. The highest BCUT2D eigenvalue weighted by Gasteiger charge is 2.16. The van der Waals surface area contributed by atoms with Gasteiger partial charge in [-0.25, -0.2) is 9.37 Å². The quantitative estimate of drug-likeness (QED) is 0.733. The Hall–Kier alpha value is -2.82. The number of hydrogen-bond acceptors (Lipinski definition) is 4. The molecule has 2 aromatic carbocycles. The summed E-state index contributed by atoms with van der Waals surface area (Å²) in [7, 11) is 0. The molecule has 0 saturated heterocycles. The molecule has 0 unspecified atom stereocenters. The summed E-state index contributed by atoms with van der Waals surface area (Å²) in [5, 5.41) is 0. The van der Waals surface area contributed by atoms with Gasteiger partial charge in [0.2, 0.25) is 0 Å². The van der Waals surface area contributed by atoms with Gasteiger partial charge in [0, 0.05) is 11.1 Å². The number of aryl methyl sites for hydroxylation is 1. The molecule has 2 N–H and O–H groups in total. The van der Waals surface area contributed by atoms with Crippen LogP contribution in [0.15, 0.2) is 36.5 Å². The molecule has 4 nitrogen and oxygen atoms in total. The van der Waals surface area contributed by atoms with Crippen molar-refractivity contribution >= 4 is 23.1 Å². The van der Waals surface area contributed by atoms with Gasteiger partial charge >= 0.3 is 0 Å². The molecule has 1 aromatic heterocycles. The lowest BCUT2D eigenvalue weighted by atomic mass is 9.96. The van der Waals surface area contributed by atoms with Crippen LogP contribution in [0.5, 0.6) is 0 Å². The van der Waals surface area contributed by atoms with Crippen molar-refractivity contribution in [1.29, 1.82) is 0 Å². The zero-order chi connectivity index (χ0) is 15.0. The number of hydrogen-bond donors (Lipinski definition) is 1. The van der Waals surface area contributed by atoms with Gasteiger partial charge in [0.15, 0.2) is 6.29 Å². The van der Waals surface area contributed by atoms with Crippen LogP contribution in [-0.2, 0) is 0 Å². The lowest BCUT2D eigenvalue weighted by molar-refractivity contribution is 0.112. The smallest absolute Gasteiger partial charge is 0.153 e. The van der Waals surface area contributed by atoms with E-state index in [-0.39, 0.29) is 5.56 Å². The molecule has 0 amide bonds. The van der Waals surface area contributed by atoms with Crippen molar-refractivity contribution in [3.05, 3.63) is 53.5 Å². The summed E-state index contributed by atoms with van der Waals surface area (Å²) >= 11 is 0. The number of para-hydroxylation sites is 1. The van der Waals surface area contributed by atoms with Crippen molar-refractivity contribution in [2.24, 2.45) is 0 Å². The van der Waals surface area contributed by atoms with Crippen molar-refractivity contribution in [2.75, 3.05) is 5.73 Å². The summed E-state index contributed by atoms with van der Waals surface area (Å²) in [5.74, 6) is -0.241. The lowest BCUT2D eigenvalue weighted by Gasteiger charge is -2.11. The summed E-state index contributed by atoms with van der Waals surface area (Å²) in [6.45, 7) is 1.79. The number of fused-ring (bicyclic) bond motifs is 1. The third-order valence-corrected chi connectivity index (χ3v) is 3.37. The number of nitrogen functional groups attached to an aromatic ring is 1. The van der Waals surface area contributed by atoms with Crippen LogP contribution in [0.4, 0.5) is 10.2 Å². The van der Waals surface area contributed by atoms with Gasteiger partial charge in [0.1, 0.15) is 11.6 Å². The number of aromatic nitrogens is 2. The highest BCUT2D eigenvalue weighted by molar-refractivity contribution is 5.94. The minimum absolute atomic E-state index is 0.0241.